The van der Waals surface area contributed by atoms with Crippen molar-refractivity contribution in [2.45, 2.75) is 13.0 Å². The monoisotopic (exact) mass is 164 g/mol. The van der Waals surface area contributed by atoms with Crippen LogP contribution in [0.5, 0.6) is 0 Å². The van der Waals surface area contributed by atoms with Crippen LogP contribution in [0.2, 0.25) is 0 Å². The molecule has 4 N–H and O–H groups in total. The predicted octanol–water partition coefficient (Wildman–Crippen LogP) is 1.28. The van der Waals surface area contributed by atoms with Gasteiger partial charge in [0.15, 0.2) is 0 Å². The van der Waals surface area contributed by atoms with Crippen molar-refractivity contribution in [2.24, 2.45) is 17.4 Å². The lowest BCUT2D eigenvalue weighted by Crippen LogP contribution is -2.25. The van der Waals surface area contributed by atoms with Crippen LogP contribution in [0.25, 0.3) is 0 Å². The third-order valence-electron chi connectivity index (χ3n) is 2.17. The van der Waals surface area contributed by atoms with Crippen LogP contribution in [0.3, 0.4) is 0 Å². The summed E-state index contributed by atoms with van der Waals surface area (Å²) in [4.78, 5) is 0. The third-order valence-corrected chi connectivity index (χ3v) is 2.17. The lowest BCUT2D eigenvalue weighted by Gasteiger charge is -2.18. The van der Waals surface area contributed by atoms with E-state index in [-0.39, 0.29) is 6.04 Å². The Balaban J connectivity index is 2.71. The van der Waals surface area contributed by atoms with Gasteiger partial charge in [-0.25, -0.2) is 0 Å². The van der Waals surface area contributed by atoms with Crippen molar-refractivity contribution >= 4 is 0 Å². The van der Waals surface area contributed by atoms with E-state index in [1.165, 1.54) is 0 Å². The van der Waals surface area contributed by atoms with Crippen molar-refractivity contribution in [3.8, 4) is 0 Å². The molecule has 2 atom stereocenters. The molecular formula is C10H16N2. The van der Waals surface area contributed by atoms with Crippen molar-refractivity contribution in [3.63, 3.8) is 0 Å². The first-order chi connectivity index (χ1) is 5.75. The minimum atomic E-state index is 0.0659. The van der Waals surface area contributed by atoms with Gasteiger partial charge < -0.3 is 11.5 Å². The second-order valence-corrected chi connectivity index (χ2v) is 3.15. The number of rotatable bonds is 3. The second-order valence-electron chi connectivity index (χ2n) is 3.15. The van der Waals surface area contributed by atoms with Crippen molar-refractivity contribution in [3.05, 3.63) is 35.9 Å². The molecule has 0 aromatic heterocycles. The van der Waals surface area contributed by atoms with Crippen molar-refractivity contribution < 1.29 is 0 Å². The van der Waals surface area contributed by atoms with Gasteiger partial charge in [0.05, 0.1) is 0 Å². The molecule has 0 spiro atoms. The van der Waals surface area contributed by atoms with Crippen LogP contribution in [0.15, 0.2) is 30.3 Å². The first-order valence-corrected chi connectivity index (χ1v) is 4.26. The normalized spacial score (nSPS) is 15.6. The molecule has 0 aliphatic carbocycles. The Morgan fingerprint density at radius 3 is 2.33 bits per heavy atom. The zero-order valence-corrected chi connectivity index (χ0v) is 7.40. The Bertz CT molecular complexity index is 221. The molecule has 0 fully saturated rings. The summed E-state index contributed by atoms with van der Waals surface area (Å²) in [6, 6.07) is 10.1. The second kappa shape index (κ2) is 4.24. The summed E-state index contributed by atoms with van der Waals surface area (Å²) in [5.41, 5.74) is 12.7. The summed E-state index contributed by atoms with van der Waals surface area (Å²) < 4.78 is 0. The molecule has 1 aromatic rings. The minimum absolute atomic E-state index is 0.0659. The van der Waals surface area contributed by atoms with Crippen LogP contribution in [0.4, 0.5) is 0 Å². The highest BCUT2D eigenvalue weighted by molar-refractivity contribution is 5.18. The fourth-order valence-electron chi connectivity index (χ4n) is 1.15. The van der Waals surface area contributed by atoms with E-state index in [1.54, 1.807) is 0 Å². The SMILES string of the molecule is C[C@H](CN)[C@@H](N)c1ccccc1. The first kappa shape index (κ1) is 9.23. The van der Waals surface area contributed by atoms with Gasteiger partial charge in [-0.05, 0) is 18.0 Å². The maximum Gasteiger partial charge on any atom is 0.0332 e. The molecule has 0 bridgehead atoms. The Kier molecular flexibility index (Phi) is 3.26. The van der Waals surface area contributed by atoms with Crippen molar-refractivity contribution in [1.82, 2.24) is 0 Å². The zero-order chi connectivity index (χ0) is 8.97. The van der Waals surface area contributed by atoms with E-state index in [9.17, 15) is 0 Å². The van der Waals surface area contributed by atoms with Crippen molar-refractivity contribution in [1.29, 1.82) is 0 Å². The Morgan fingerprint density at radius 2 is 1.83 bits per heavy atom. The average Bonchev–Trinajstić information content (AvgIpc) is 2.17. The molecule has 0 aliphatic heterocycles. The summed E-state index contributed by atoms with van der Waals surface area (Å²) in [5.74, 6) is 0.340. The van der Waals surface area contributed by atoms with Gasteiger partial charge >= 0.3 is 0 Å². The highest BCUT2D eigenvalue weighted by Gasteiger charge is 2.11. The lowest BCUT2D eigenvalue weighted by molar-refractivity contribution is 0.481. The molecule has 0 saturated heterocycles. The summed E-state index contributed by atoms with van der Waals surface area (Å²) >= 11 is 0. The van der Waals surface area contributed by atoms with Gasteiger partial charge in [0.1, 0.15) is 0 Å². The number of nitrogens with two attached hydrogens (primary N) is 2. The summed E-state index contributed by atoms with van der Waals surface area (Å²) in [5, 5.41) is 0. The quantitative estimate of drug-likeness (QED) is 0.707. The molecule has 0 amide bonds. The molecule has 0 saturated carbocycles. The van der Waals surface area contributed by atoms with Gasteiger partial charge in [-0.3, -0.25) is 0 Å². The topological polar surface area (TPSA) is 52.0 Å². The van der Waals surface area contributed by atoms with Crippen molar-refractivity contribution in [2.75, 3.05) is 6.54 Å². The number of hydrogen-bond donors (Lipinski definition) is 2. The average molecular weight is 164 g/mol. The van der Waals surface area contributed by atoms with E-state index in [1.807, 2.05) is 30.3 Å². The fraction of sp³-hybridized carbons (Fsp3) is 0.400. The van der Waals surface area contributed by atoms with Crippen LogP contribution in [-0.4, -0.2) is 6.54 Å². The highest BCUT2D eigenvalue weighted by atomic mass is 14.7. The highest BCUT2D eigenvalue weighted by Crippen LogP contribution is 2.17. The zero-order valence-electron chi connectivity index (χ0n) is 7.40. The summed E-state index contributed by atoms with van der Waals surface area (Å²) in [7, 11) is 0. The van der Waals surface area contributed by atoms with E-state index < -0.39 is 0 Å². The van der Waals surface area contributed by atoms with E-state index in [0.717, 1.165) is 5.56 Å². The van der Waals surface area contributed by atoms with Gasteiger partial charge in [0.25, 0.3) is 0 Å². The van der Waals surface area contributed by atoms with Gasteiger partial charge in [-0.2, -0.15) is 0 Å². The molecule has 12 heavy (non-hydrogen) atoms. The van der Waals surface area contributed by atoms with Gasteiger partial charge in [-0.1, -0.05) is 37.3 Å². The van der Waals surface area contributed by atoms with E-state index in [0.29, 0.717) is 12.5 Å². The first-order valence-electron chi connectivity index (χ1n) is 4.26. The van der Waals surface area contributed by atoms with Gasteiger partial charge in [0, 0.05) is 6.04 Å². The Labute approximate surface area is 73.6 Å². The molecule has 2 nitrogen and oxygen atoms in total. The van der Waals surface area contributed by atoms with Crippen LogP contribution >= 0.6 is 0 Å². The molecule has 1 aromatic carbocycles. The molecule has 2 heteroatoms. The van der Waals surface area contributed by atoms with Crippen LogP contribution < -0.4 is 11.5 Å². The number of hydrogen-bond acceptors (Lipinski definition) is 2. The maximum atomic E-state index is 5.97. The Hall–Kier alpha value is -0.860. The molecule has 0 aliphatic rings. The fourth-order valence-corrected chi connectivity index (χ4v) is 1.15. The van der Waals surface area contributed by atoms with Crippen LogP contribution in [0, 0.1) is 5.92 Å². The van der Waals surface area contributed by atoms with Crippen LogP contribution in [-0.2, 0) is 0 Å². The molecular weight excluding hydrogens is 148 g/mol. The lowest BCUT2D eigenvalue weighted by atomic mass is 9.96. The van der Waals surface area contributed by atoms with Crippen LogP contribution in [0.1, 0.15) is 18.5 Å². The largest absolute Gasteiger partial charge is 0.330 e. The maximum absolute atomic E-state index is 5.97. The Morgan fingerprint density at radius 1 is 1.25 bits per heavy atom. The number of benzene rings is 1. The minimum Gasteiger partial charge on any atom is -0.330 e. The molecule has 0 heterocycles. The standard InChI is InChI=1S/C10H16N2/c1-8(7-11)10(12)9-5-3-2-4-6-9/h2-6,8,10H,7,11-12H2,1H3/t8-,10-/m1/s1. The molecule has 66 valence electrons. The van der Waals surface area contributed by atoms with E-state index in [2.05, 4.69) is 6.92 Å². The molecule has 0 unspecified atom stereocenters. The summed E-state index contributed by atoms with van der Waals surface area (Å²) in [6.45, 7) is 2.70. The predicted molar refractivity (Wildman–Crippen MR) is 51.6 cm³/mol. The summed E-state index contributed by atoms with van der Waals surface area (Å²) in [6.07, 6.45) is 0. The molecule has 1 rings (SSSR count). The third kappa shape index (κ3) is 2.06. The van der Waals surface area contributed by atoms with Gasteiger partial charge in [0.2, 0.25) is 0 Å². The smallest absolute Gasteiger partial charge is 0.0332 e. The molecule has 0 radical (unpaired) electrons. The van der Waals surface area contributed by atoms with E-state index in [4.69, 9.17) is 11.5 Å². The van der Waals surface area contributed by atoms with E-state index >= 15 is 0 Å². The van der Waals surface area contributed by atoms with Gasteiger partial charge in [-0.15, -0.1) is 0 Å².